The van der Waals surface area contributed by atoms with E-state index in [0.717, 1.165) is 34.6 Å². The van der Waals surface area contributed by atoms with E-state index in [2.05, 4.69) is 19.1 Å². The summed E-state index contributed by atoms with van der Waals surface area (Å²) in [5.74, 6) is 1.79. The summed E-state index contributed by atoms with van der Waals surface area (Å²) in [5.41, 5.74) is 9.30. The lowest BCUT2D eigenvalue weighted by molar-refractivity contribution is 0.299. The van der Waals surface area contributed by atoms with E-state index in [4.69, 9.17) is 15.2 Å². The Kier molecular flexibility index (Phi) is 5.23. The molecule has 0 saturated carbocycles. The van der Waals surface area contributed by atoms with Crippen molar-refractivity contribution >= 4 is 0 Å². The Bertz CT molecular complexity index is 594. The molecule has 0 radical (unpaired) electrons. The summed E-state index contributed by atoms with van der Waals surface area (Å²) in [5, 5.41) is 0. The summed E-state index contributed by atoms with van der Waals surface area (Å²) in [6.45, 7) is 4.59. The van der Waals surface area contributed by atoms with E-state index < -0.39 is 0 Å². The molecule has 21 heavy (non-hydrogen) atoms. The lowest BCUT2D eigenvalue weighted by Gasteiger charge is -2.16. The number of hydrogen-bond acceptors (Lipinski definition) is 3. The van der Waals surface area contributed by atoms with Crippen molar-refractivity contribution in [3.8, 4) is 11.5 Å². The quantitative estimate of drug-likeness (QED) is 0.884. The molecule has 0 amide bonds. The van der Waals surface area contributed by atoms with Crippen molar-refractivity contribution in [3.63, 3.8) is 0 Å². The van der Waals surface area contributed by atoms with E-state index in [1.807, 2.05) is 37.3 Å². The summed E-state index contributed by atoms with van der Waals surface area (Å²) < 4.78 is 11.3. The highest BCUT2D eigenvalue weighted by Crippen LogP contribution is 2.26. The highest BCUT2D eigenvalue weighted by molar-refractivity contribution is 5.41. The van der Waals surface area contributed by atoms with Crippen LogP contribution in [0.15, 0.2) is 42.5 Å². The SMILES string of the molecule is COc1cccc(COc2c(C)cccc2CC(C)N)c1. The van der Waals surface area contributed by atoms with Crippen molar-refractivity contribution in [2.24, 2.45) is 5.73 Å². The fraction of sp³-hybridized carbons (Fsp3) is 0.333. The zero-order valence-corrected chi connectivity index (χ0v) is 12.9. The molecular weight excluding hydrogens is 262 g/mol. The van der Waals surface area contributed by atoms with Crippen molar-refractivity contribution in [3.05, 3.63) is 59.2 Å². The first-order chi connectivity index (χ1) is 10.1. The molecule has 3 heteroatoms. The number of benzene rings is 2. The van der Waals surface area contributed by atoms with Gasteiger partial charge in [0, 0.05) is 6.04 Å². The zero-order valence-electron chi connectivity index (χ0n) is 12.9. The Morgan fingerprint density at radius 2 is 1.90 bits per heavy atom. The van der Waals surface area contributed by atoms with E-state index in [0.29, 0.717) is 6.61 Å². The summed E-state index contributed by atoms with van der Waals surface area (Å²) in [7, 11) is 1.67. The molecule has 0 fully saturated rings. The van der Waals surface area contributed by atoms with Crippen molar-refractivity contribution in [2.75, 3.05) is 7.11 Å². The predicted molar refractivity (Wildman–Crippen MR) is 85.9 cm³/mol. The normalized spacial score (nSPS) is 12.0. The van der Waals surface area contributed by atoms with Gasteiger partial charge in [0.2, 0.25) is 0 Å². The Hall–Kier alpha value is -2.00. The van der Waals surface area contributed by atoms with Gasteiger partial charge in [0.25, 0.3) is 0 Å². The third-order valence-electron chi connectivity index (χ3n) is 3.35. The Morgan fingerprint density at radius 1 is 1.14 bits per heavy atom. The molecule has 0 saturated heterocycles. The maximum Gasteiger partial charge on any atom is 0.125 e. The molecule has 0 aliphatic heterocycles. The lowest BCUT2D eigenvalue weighted by atomic mass is 10.0. The van der Waals surface area contributed by atoms with Crippen LogP contribution in [-0.2, 0) is 13.0 Å². The summed E-state index contributed by atoms with van der Waals surface area (Å²) in [4.78, 5) is 0. The largest absolute Gasteiger partial charge is 0.497 e. The van der Waals surface area contributed by atoms with Crippen LogP contribution in [-0.4, -0.2) is 13.2 Å². The molecule has 0 aliphatic carbocycles. The number of rotatable bonds is 6. The standard InChI is InChI=1S/C18H23NO2/c1-13-6-4-8-16(10-14(2)19)18(13)21-12-15-7-5-9-17(11-15)20-3/h4-9,11,14H,10,12,19H2,1-3H3. The topological polar surface area (TPSA) is 44.5 Å². The van der Waals surface area contributed by atoms with Gasteiger partial charge in [-0.15, -0.1) is 0 Å². The van der Waals surface area contributed by atoms with E-state index in [1.54, 1.807) is 7.11 Å². The minimum atomic E-state index is 0.117. The van der Waals surface area contributed by atoms with E-state index in [9.17, 15) is 0 Å². The average Bonchev–Trinajstić information content (AvgIpc) is 2.46. The summed E-state index contributed by atoms with van der Waals surface area (Å²) in [6.07, 6.45) is 0.815. The molecule has 1 unspecified atom stereocenters. The zero-order chi connectivity index (χ0) is 15.2. The van der Waals surface area contributed by atoms with Crippen LogP contribution >= 0.6 is 0 Å². The molecule has 0 aromatic heterocycles. The van der Waals surface area contributed by atoms with Crippen LogP contribution in [0, 0.1) is 6.92 Å². The second-order valence-corrected chi connectivity index (χ2v) is 5.38. The maximum atomic E-state index is 6.04. The number of ether oxygens (including phenoxy) is 2. The predicted octanol–water partition coefficient (Wildman–Crippen LogP) is 3.47. The van der Waals surface area contributed by atoms with E-state index >= 15 is 0 Å². The van der Waals surface area contributed by atoms with Crippen LogP contribution < -0.4 is 15.2 Å². The van der Waals surface area contributed by atoms with Gasteiger partial charge in [-0.05, 0) is 49.1 Å². The van der Waals surface area contributed by atoms with Crippen LogP contribution in [0.25, 0.3) is 0 Å². The van der Waals surface area contributed by atoms with Gasteiger partial charge in [-0.3, -0.25) is 0 Å². The van der Waals surface area contributed by atoms with Gasteiger partial charge in [-0.1, -0.05) is 30.3 Å². The van der Waals surface area contributed by atoms with Gasteiger partial charge in [0.1, 0.15) is 18.1 Å². The van der Waals surface area contributed by atoms with Crippen molar-refractivity contribution in [1.82, 2.24) is 0 Å². The van der Waals surface area contributed by atoms with Crippen molar-refractivity contribution < 1.29 is 9.47 Å². The Morgan fingerprint density at radius 3 is 2.62 bits per heavy atom. The van der Waals surface area contributed by atoms with Crippen LogP contribution in [0.3, 0.4) is 0 Å². The van der Waals surface area contributed by atoms with Crippen LogP contribution in [0.1, 0.15) is 23.6 Å². The second kappa shape index (κ2) is 7.14. The van der Waals surface area contributed by atoms with Crippen molar-refractivity contribution in [2.45, 2.75) is 32.9 Å². The van der Waals surface area contributed by atoms with Gasteiger partial charge in [-0.25, -0.2) is 0 Å². The third-order valence-corrected chi connectivity index (χ3v) is 3.35. The van der Waals surface area contributed by atoms with E-state index in [1.165, 1.54) is 0 Å². The fourth-order valence-corrected chi connectivity index (χ4v) is 2.35. The monoisotopic (exact) mass is 285 g/mol. The van der Waals surface area contributed by atoms with Gasteiger partial charge in [-0.2, -0.15) is 0 Å². The minimum Gasteiger partial charge on any atom is -0.497 e. The molecule has 2 aromatic rings. The van der Waals surface area contributed by atoms with Gasteiger partial charge in [0.05, 0.1) is 7.11 Å². The molecule has 1 atom stereocenters. The third kappa shape index (κ3) is 4.23. The smallest absolute Gasteiger partial charge is 0.125 e. The summed E-state index contributed by atoms with van der Waals surface area (Å²) in [6, 6.07) is 14.2. The van der Waals surface area contributed by atoms with E-state index in [-0.39, 0.29) is 6.04 Å². The fourth-order valence-electron chi connectivity index (χ4n) is 2.35. The van der Waals surface area contributed by atoms with Crippen molar-refractivity contribution in [1.29, 1.82) is 0 Å². The first kappa shape index (κ1) is 15.4. The molecule has 112 valence electrons. The second-order valence-electron chi connectivity index (χ2n) is 5.38. The first-order valence-electron chi connectivity index (χ1n) is 7.20. The number of methoxy groups -OCH3 is 1. The van der Waals surface area contributed by atoms with Crippen LogP contribution in [0.4, 0.5) is 0 Å². The molecule has 0 spiro atoms. The molecule has 3 nitrogen and oxygen atoms in total. The van der Waals surface area contributed by atoms with Gasteiger partial charge < -0.3 is 15.2 Å². The lowest BCUT2D eigenvalue weighted by Crippen LogP contribution is -2.18. The molecule has 2 N–H and O–H groups in total. The van der Waals surface area contributed by atoms with Gasteiger partial charge in [0.15, 0.2) is 0 Å². The highest BCUT2D eigenvalue weighted by Gasteiger charge is 2.09. The highest BCUT2D eigenvalue weighted by atomic mass is 16.5. The molecule has 0 bridgehead atoms. The van der Waals surface area contributed by atoms with Crippen LogP contribution in [0.2, 0.25) is 0 Å². The van der Waals surface area contributed by atoms with Crippen LogP contribution in [0.5, 0.6) is 11.5 Å². The molecule has 2 aromatic carbocycles. The van der Waals surface area contributed by atoms with Gasteiger partial charge >= 0.3 is 0 Å². The first-order valence-corrected chi connectivity index (χ1v) is 7.20. The molecule has 0 heterocycles. The molecule has 0 aliphatic rings. The number of hydrogen-bond donors (Lipinski definition) is 1. The molecule has 2 rings (SSSR count). The minimum absolute atomic E-state index is 0.117. The summed E-state index contributed by atoms with van der Waals surface area (Å²) >= 11 is 0. The number of para-hydroxylation sites is 1. The average molecular weight is 285 g/mol. The number of aryl methyl sites for hydroxylation is 1. The Balaban J connectivity index is 2.15. The Labute approximate surface area is 126 Å². The number of nitrogens with two attached hydrogens (primary N) is 1. The molecular formula is C18H23NO2. The maximum absolute atomic E-state index is 6.04.